The maximum absolute atomic E-state index is 13.7. The number of rotatable bonds is 4. The molecule has 9 nitrogen and oxygen atoms in total. The molecule has 6 rings (SSSR count). The van der Waals surface area contributed by atoms with Crippen LogP contribution in [0.2, 0.25) is 0 Å². The van der Waals surface area contributed by atoms with Crippen LogP contribution in [0.3, 0.4) is 0 Å². The van der Waals surface area contributed by atoms with Gasteiger partial charge in [0, 0.05) is 5.56 Å². The summed E-state index contributed by atoms with van der Waals surface area (Å²) in [6.07, 6.45) is 0. The Morgan fingerprint density at radius 1 is 1.10 bits per heavy atom. The van der Waals surface area contributed by atoms with E-state index in [1.807, 2.05) is 26.0 Å². The summed E-state index contributed by atoms with van der Waals surface area (Å²) >= 11 is 4.62. The molecule has 3 heterocycles. The number of benzene rings is 3. The van der Waals surface area contributed by atoms with Gasteiger partial charge in [-0.05, 0) is 82.9 Å². The number of methoxy groups -OCH3 is 1. The maximum atomic E-state index is 13.7. The van der Waals surface area contributed by atoms with E-state index in [-0.39, 0.29) is 28.4 Å². The van der Waals surface area contributed by atoms with Gasteiger partial charge in [0.05, 0.1) is 33.4 Å². The van der Waals surface area contributed by atoms with Crippen LogP contribution in [-0.4, -0.2) is 47.2 Å². The van der Waals surface area contributed by atoms with Crippen LogP contribution < -0.4 is 19.1 Å². The molecular formula is C29H23BrN2O7S. The highest BCUT2D eigenvalue weighted by atomic mass is 79.9. The molecule has 2 aliphatic rings. The molecule has 11 heteroatoms. The summed E-state index contributed by atoms with van der Waals surface area (Å²) in [6, 6.07) is 10.8. The topological polar surface area (TPSA) is 118 Å². The van der Waals surface area contributed by atoms with Gasteiger partial charge in [0.25, 0.3) is 5.78 Å². The van der Waals surface area contributed by atoms with Crippen molar-refractivity contribution in [3.8, 4) is 23.0 Å². The number of aromatic nitrogens is 1. The molecule has 1 atom stereocenters. The van der Waals surface area contributed by atoms with E-state index in [2.05, 4.69) is 15.9 Å². The summed E-state index contributed by atoms with van der Waals surface area (Å²) in [5.41, 5.74) is 3.29. The van der Waals surface area contributed by atoms with Gasteiger partial charge in [-0.15, -0.1) is 0 Å². The summed E-state index contributed by atoms with van der Waals surface area (Å²) in [4.78, 5) is 33.3. The van der Waals surface area contributed by atoms with Crippen molar-refractivity contribution in [2.45, 2.75) is 19.9 Å². The zero-order chi connectivity index (χ0) is 28.3. The molecule has 0 radical (unpaired) electrons. The number of hydrogen-bond acceptors (Lipinski definition) is 9. The van der Waals surface area contributed by atoms with Crippen LogP contribution in [0.25, 0.3) is 16.0 Å². The molecule has 0 unspecified atom stereocenters. The van der Waals surface area contributed by atoms with Gasteiger partial charge in [-0.25, -0.2) is 4.98 Å². The number of hydrogen-bond donors (Lipinski definition) is 2. The van der Waals surface area contributed by atoms with Crippen molar-refractivity contribution in [1.82, 2.24) is 4.98 Å². The third kappa shape index (κ3) is 4.16. The van der Waals surface area contributed by atoms with E-state index in [9.17, 15) is 19.8 Å². The molecule has 1 aromatic heterocycles. The Hall–Kier alpha value is -4.09. The Morgan fingerprint density at radius 3 is 2.60 bits per heavy atom. The largest absolute Gasteiger partial charge is 0.507 e. The number of nitrogens with zero attached hydrogens (tertiary/aromatic N) is 2. The van der Waals surface area contributed by atoms with Crippen LogP contribution in [0.1, 0.15) is 28.3 Å². The highest BCUT2D eigenvalue weighted by molar-refractivity contribution is 9.10. The highest BCUT2D eigenvalue weighted by Gasteiger charge is 2.48. The lowest BCUT2D eigenvalue weighted by molar-refractivity contribution is -0.132. The first-order valence-electron chi connectivity index (χ1n) is 12.3. The van der Waals surface area contributed by atoms with Crippen molar-refractivity contribution >= 4 is 60.1 Å². The summed E-state index contributed by atoms with van der Waals surface area (Å²) in [5, 5.41) is 22.3. The van der Waals surface area contributed by atoms with Crippen molar-refractivity contribution in [3.63, 3.8) is 0 Å². The summed E-state index contributed by atoms with van der Waals surface area (Å²) in [7, 11) is 1.40. The number of carbonyl (C=O) groups is 2. The monoisotopic (exact) mass is 622 g/mol. The van der Waals surface area contributed by atoms with Gasteiger partial charge >= 0.3 is 5.91 Å². The van der Waals surface area contributed by atoms with Gasteiger partial charge in [0.15, 0.2) is 28.1 Å². The normalized spacial score (nSPS) is 18.0. The second-order valence-corrected chi connectivity index (χ2v) is 11.4. The molecule has 4 aromatic rings. The van der Waals surface area contributed by atoms with E-state index in [4.69, 9.17) is 19.2 Å². The van der Waals surface area contributed by atoms with E-state index in [1.54, 1.807) is 24.3 Å². The molecule has 0 aliphatic carbocycles. The molecule has 0 bridgehead atoms. The first-order valence-corrected chi connectivity index (χ1v) is 13.9. The van der Waals surface area contributed by atoms with E-state index in [0.29, 0.717) is 39.9 Å². The van der Waals surface area contributed by atoms with Gasteiger partial charge in [-0.3, -0.25) is 14.5 Å². The lowest BCUT2D eigenvalue weighted by Gasteiger charge is -2.24. The molecule has 1 saturated heterocycles. The minimum absolute atomic E-state index is 0.130. The van der Waals surface area contributed by atoms with E-state index < -0.39 is 17.7 Å². The predicted octanol–water partition coefficient (Wildman–Crippen LogP) is 5.79. The molecular weight excluding hydrogens is 600 g/mol. The number of fused-ring (bicyclic) bond motifs is 2. The molecule has 40 heavy (non-hydrogen) atoms. The zero-order valence-electron chi connectivity index (χ0n) is 21.6. The molecule has 1 fully saturated rings. The number of phenols is 1. The molecule has 2 N–H and O–H groups in total. The van der Waals surface area contributed by atoms with E-state index in [1.165, 1.54) is 29.4 Å². The predicted molar refractivity (Wildman–Crippen MR) is 154 cm³/mol. The number of carbonyl (C=O) groups excluding carboxylic acids is 2. The van der Waals surface area contributed by atoms with Gasteiger partial charge in [-0.1, -0.05) is 17.4 Å². The number of ketones is 1. The number of anilines is 1. The van der Waals surface area contributed by atoms with Crippen molar-refractivity contribution in [3.05, 3.63) is 74.8 Å². The van der Waals surface area contributed by atoms with Crippen molar-refractivity contribution in [1.29, 1.82) is 0 Å². The lowest BCUT2D eigenvalue weighted by Crippen LogP contribution is -2.29. The zero-order valence-corrected chi connectivity index (χ0v) is 24.1. The summed E-state index contributed by atoms with van der Waals surface area (Å²) < 4.78 is 17.8. The van der Waals surface area contributed by atoms with Gasteiger partial charge in [0.2, 0.25) is 0 Å². The molecule has 0 saturated carbocycles. The van der Waals surface area contributed by atoms with Gasteiger partial charge < -0.3 is 24.4 Å². The second kappa shape index (κ2) is 9.83. The van der Waals surface area contributed by atoms with Crippen LogP contribution >= 0.6 is 27.3 Å². The first kappa shape index (κ1) is 26.1. The number of halogens is 1. The number of Topliss-reactive ketones (excluding diaryl/α,β-unsaturated/α-hetero) is 1. The second-order valence-electron chi connectivity index (χ2n) is 9.51. The minimum Gasteiger partial charge on any atom is -0.507 e. The number of amides is 1. The smallest absolute Gasteiger partial charge is 0.301 e. The van der Waals surface area contributed by atoms with Gasteiger partial charge in [-0.2, -0.15) is 0 Å². The summed E-state index contributed by atoms with van der Waals surface area (Å²) in [6.45, 7) is 4.67. The van der Waals surface area contributed by atoms with E-state index in [0.717, 1.165) is 21.3 Å². The Kier molecular flexibility index (Phi) is 6.42. The number of thiazole rings is 1. The number of aryl methyl sites for hydroxylation is 2. The number of aliphatic hydroxyl groups is 1. The number of aliphatic hydroxyl groups excluding tert-OH is 1. The minimum atomic E-state index is -1.07. The van der Waals surface area contributed by atoms with Crippen molar-refractivity contribution in [2.75, 3.05) is 25.2 Å². The van der Waals surface area contributed by atoms with Crippen LogP contribution in [0.5, 0.6) is 23.0 Å². The average Bonchev–Trinajstić information content (AvgIpc) is 3.47. The Labute approximate surface area is 241 Å². The van der Waals surface area contributed by atoms with Crippen molar-refractivity contribution in [2.24, 2.45) is 0 Å². The third-order valence-corrected chi connectivity index (χ3v) is 8.48. The molecule has 2 aliphatic heterocycles. The molecule has 3 aromatic carbocycles. The Morgan fingerprint density at radius 2 is 1.85 bits per heavy atom. The number of phenolic OH excluding ortho intramolecular Hbond substituents is 1. The Balaban J connectivity index is 1.59. The first-order chi connectivity index (χ1) is 19.2. The van der Waals surface area contributed by atoms with Crippen LogP contribution in [0.4, 0.5) is 5.13 Å². The molecule has 0 spiro atoms. The van der Waals surface area contributed by atoms with Crippen LogP contribution in [0.15, 0.2) is 52.5 Å². The standard InChI is InChI=1S/C29H23BrN2O7S/c1-13-8-14(2)23-21(9-13)40-29(31-23)32-24(16-10-17(30)26(34)20(12-16)37-3)22(27(35)28(32)36)25(33)15-4-5-18-19(11-15)39-7-6-38-18/h4-5,8-12,24,33-34H,6-7H2,1-3H3/t24-/m0/s1. The third-order valence-electron chi connectivity index (χ3n) is 6.87. The fraction of sp³-hybridized carbons (Fsp3) is 0.207. The van der Waals surface area contributed by atoms with E-state index >= 15 is 0 Å². The number of ether oxygens (including phenoxy) is 3. The van der Waals surface area contributed by atoms with Gasteiger partial charge in [0.1, 0.15) is 19.0 Å². The maximum Gasteiger partial charge on any atom is 0.301 e. The lowest BCUT2D eigenvalue weighted by atomic mass is 9.95. The fourth-order valence-corrected chi connectivity index (χ4v) is 6.69. The van der Waals surface area contributed by atoms with Crippen LogP contribution in [0, 0.1) is 13.8 Å². The van der Waals surface area contributed by atoms with Crippen LogP contribution in [-0.2, 0) is 9.59 Å². The average molecular weight is 623 g/mol. The Bertz CT molecular complexity index is 1760. The highest BCUT2D eigenvalue weighted by Crippen LogP contribution is 2.48. The quantitative estimate of drug-likeness (QED) is 0.167. The fourth-order valence-electron chi connectivity index (χ4n) is 5.06. The summed E-state index contributed by atoms with van der Waals surface area (Å²) in [5.74, 6) is -1.14. The number of aromatic hydroxyl groups is 1. The molecule has 1 amide bonds. The molecule has 204 valence electrons. The van der Waals surface area contributed by atoms with Crippen molar-refractivity contribution < 1.29 is 34.0 Å². The SMILES string of the molecule is COc1cc([C@H]2C(=C(O)c3ccc4c(c3)OCCO4)C(=O)C(=O)N2c2nc3c(C)cc(C)cc3s2)cc(Br)c1O.